The summed E-state index contributed by atoms with van der Waals surface area (Å²) >= 11 is 4.88. The smallest absolute Gasteiger partial charge is 0.234 e. The number of nitrogen functional groups attached to an aromatic ring is 1. The molecular formula is C15H15BrN2OS. The Hall–Kier alpha value is -1.46. The molecular weight excluding hydrogens is 336 g/mol. The van der Waals surface area contributed by atoms with Crippen molar-refractivity contribution in [2.75, 3.05) is 16.8 Å². The Kier molecular flexibility index (Phi) is 5.09. The quantitative estimate of drug-likeness (QED) is 0.645. The molecule has 20 heavy (non-hydrogen) atoms. The van der Waals surface area contributed by atoms with Crippen LogP contribution < -0.4 is 11.1 Å². The number of rotatable bonds is 4. The average Bonchev–Trinajstić information content (AvgIpc) is 2.37. The zero-order chi connectivity index (χ0) is 14.5. The molecule has 1 amide bonds. The summed E-state index contributed by atoms with van der Waals surface area (Å²) in [7, 11) is 0. The van der Waals surface area contributed by atoms with Gasteiger partial charge in [0.05, 0.1) is 5.75 Å². The first-order valence-electron chi connectivity index (χ1n) is 6.09. The average molecular weight is 351 g/mol. The third-order valence-electron chi connectivity index (χ3n) is 2.67. The minimum atomic E-state index is -0.0238. The lowest BCUT2D eigenvalue weighted by Gasteiger charge is -2.08. The first kappa shape index (κ1) is 14.9. The zero-order valence-corrected chi connectivity index (χ0v) is 13.4. The van der Waals surface area contributed by atoms with Gasteiger partial charge < -0.3 is 11.1 Å². The predicted octanol–water partition coefficient (Wildman–Crippen LogP) is 4.07. The van der Waals surface area contributed by atoms with Crippen LogP contribution in [0.15, 0.2) is 51.8 Å². The Labute approximate surface area is 131 Å². The Morgan fingerprint density at radius 2 is 2.10 bits per heavy atom. The van der Waals surface area contributed by atoms with Gasteiger partial charge >= 0.3 is 0 Å². The normalized spacial score (nSPS) is 10.3. The van der Waals surface area contributed by atoms with Crippen LogP contribution in [0.2, 0.25) is 0 Å². The summed E-state index contributed by atoms with van der Waals surface area (Å²) < 4.78 is 0.942. The molecule has 0 aliphatic rings. The van der Waals surface area contributed by atoms with E-state index in [1.54, 1.807) is 0 Å². The minimum absolute atomic E-state index is 0.0238. The highest BCUT2D eigenvalue weighted by atomic mass is 79.9. The van der Waals surface area contributed by atoms with Crippen LogP contribution in [0.5, 0.6) is 0 Å². The summed E-state index contributed by atoms with van der Waals surface area (Å²) in [6.45, 7) is 1.99. The molecule has 0 aromatic heterocycles. The molecule has 0 fully saturated rings. The number of hydrogen-bond donors (Lipinski definition) is 2. The number of carbonyl (C=O) groups is 1. The second kappa shape index (κ2) is 6.81. The molecule has 3 N–H and O–H groups in total. The van der Waals surface area contributed by atoms with E-state index in [0.717, 1.165) is 26.3 Å². The second-order valence-corrected chi connectivity index (χ2v) is 6.30. The molecule has 0 unspecified atom stereocenters. The van der Waals surface area contributed by atoms with E-state index in [4.69, 9.17) is 5.73 Å². The third kappa shape index (κ3) is 4.28. The largest absolute Gasteiger partial charge is 0.399 e. The highest BCUT2D eigenvalue weighted by Gasteiger charge is 2.06. The van der Waals surface area contributed by atoms with E-state index in [0.29, 0.717) is 5.75 Å². The Bertz CT molecular complexity index is 631. The van der Waals surface area contributed by atoms with Crippen LogP contribution >= 0.6 is 27.7 Å². The molecule has 0 aliphatic carbocycles. The molecule has 0 heterocycles. The van der Waals surface area contributed by atoms with Gasteiger partial charge in [0.1, 0.15) is 0 Å². The zero-order valence-electron chi connectivity index (χ0n) is 11.0. The number of thioether (sulfide) groups is 1. The first-order valence-corrected chi connectivity index (χ1v) is 7.87. The van der Waals surface area contributed by atoms with Gasteiger partial charge in [0, 0.05) is 20.7 Å². The van der Waals surface area contributed by atoms with E-state index in [1.807, 2.05) is 49.4 Å². The van der Waals surface area contributed by atoms with Crippen LogP contribution in [0.4, 0.5) is 11.4 Å². The van der Waals surface area contributed by atoms with Crippen molar-refractivity contribution in [3.8, 4) is 0 Å². The van der Waals surface area contributed by atoms with Gasteiger partial charge in [-0.1, -0.05) is 22.0 Å². The van der Waals surface area contributed by atoms with Crippen molar-refractivity contribution in [2.24, 2.45) is 0 Å². The molecule has 3 nitrogen and oxygen atoms in total. The van der Waals surface area contributed by atoms with Crippen molar-refractivity contribution < 1.29 is 4.79 Å². The molecule has 2 aromatic carbocycles. The fraction of sp³-hybridized carbons (Fsp3) is 0.133. The molecule has 0 spiro atoms. The number of nitrogens with one attached hydrogen (secondary N) is 1. The van der Waals surface area contributed by atoms with Gasteiger partial charge in [0.25, 0.3) is 0 Å². The molecule has 0 saturated heterocycles. The topological polar surface area (TPSA) is 55.1 Å². The SMILES string of the molecule is Cc1cc(N)ccc1SCC(=O)Nc1cccc(Br)c1. The molecule has 0 radical (unpaired) electrons. The van der Waals surface area contributed by atoms with E-state index < -0.39 is 0 Å². The van der Waals surface area contributed by atoms with Gasteiger partial charge in [-0.05, 0) is 48.9 Å². The summed E-state index contributed by atoms with van der Waals surface area (Å²) in [6.07, 6.45) is 0. The van der Waals surface area contributed by atoms with Gasteiger partial charge in [-0.15, -0.1) is 11.8 Å². The van der Waals surface area contributed by atoms with Crippen molar-refractivity contribution in [1.29, 1.82) is 0 Å². The van der Waals surface area contributed by atoms with Crippen LogP contribution in [0.3, 0.4) is 0 Å². The highest BCUT2D eigenvalue weighted by Crippen LogP contribution is 2.24. The summed E-state index contributed by atoms with van der Waals surface area (Å²) in [6, 6.07) is 13.2. The Balaban J connectivity index is 1.92. The van der Waals surface area contributed by atoms with E-state index in [-0.39, 0.29) is 5.91 Å². The van der Waals surface area contributed by atoms with Crippen LogP contribution in [0.1, 0.15) is 5.56 Å². The van der Waals surface area contributed by atoms with Crippen LogP contribution in [0.25, 0.3) is 0 Å². The van der Waals surface area contributed by atoms with E-state index in [1.165, 1.54) is 11.8 Å². The van der Waals surface area contributed by atoms with Gasteiger partial charge in [-0.2, -0.15) is 0 Å². The fourth-order valence-corrected chi connectivity index (χ4v) is 2.95. The highest BCUT2D eigenvalue weighted by molar-refractivity contribution is 9.10. The maximum absolute atomic E-state index is 11.9. The monoisotopic (exact) mass is 350 g/mol. The number of halogens is 1. The molecule has 0 aliphatic heterocycles. The number of nitrogens with two attached hydrogens (primary N) is 1. The summed E-state index contributed by atoms with van der Waals surface area (Å²) in [4.78, 5) is 13.0. The minimum Gasteiger partial charge on any atom is -0.399 e. The van der Waals surface area contributed by atoms with E-state index in [9.17, 15) is 4.79 Å². The van der Waals surface area contributed by atoms with Crippen molar-refractivity contribution in [1.82, 2.24) is 0 Å². The summed E-state index contributed by atoms with van der Waals surface area (Å²) in [5.41, 5.74) is 8.33. The van der Waals surface area contributed by atoms with Crippen LogP contribution in [-0.2, 0) is 4.79 Å². The summed E-state index contributed by atoms with van der Waals surface area (Å²) in [5.74, 6) is 0.349. The van der Waals surface area contributed by atoms with Gasteiger partial charge in [0.2, 0.25) is 5.91 Å². The predicted molar refractivity (Wildman–Crippen MR) is 89.1 cm³/mol. The van der Waals surface area contributed by atoms with Crippen LogP contribution in [-0.4, -0.2) is 11.7 Å². The van der Waals surface area contributed by atoms with Crippen LogP contribution in [0, 0.1) is 6.92 Å². The number of benzene rings is 2. The van der Waals surface area contributed by atoms with Crippen molar-refractivity contribution in [3.63, 3.8) is 0 Å². The number of hydrogen-bond acceptors (Lipinski definition) is 3. The fourth-order valence-electron chi connectivity index (χ4n) is 1.74. The Morgan fingerprint density at radius 3 is 2.80 bits per heavy atom. The second-order valence-electron chi connectivity index (χ2n) is 4.37. The maximum atomic E-state index is 11.9. The maximum Gasteiger partial charge on any atom is 0.234 e. The van der Waals surface area contributed by atoms with Crippen molar-refractivity contribution in [3.05, 3.63) is 52.5 Å². The molecule has 2 rings (SSSR count). The number of anilines is 2. The molecule has 0 saturated carbocycles. The lowest BCUT2D eigenvalue weighted by atomic mass is 10.2. The number of amides is 1. The van der Waals surface area contributed by atoms with E-state index >= 15 is 0 Å². The number of carbonyl (C=O) groups excluding carboxylic acids is 1. The Morgan fingerprint density at radius 1 is 1.30 bits per heavy atom. The van der Waals surface area contributed by atoms with Gasteiger partial charge in [0.15, 0.2) is 0 Å². The third-order valence-corrected chi connectivity index (χ3v) is 4.33. The lowest BCUT2D eigenvalue weighted by Crippen LogP contribution is -2.14. The van der Waals surface area contributed by atoms with Crippen molar-refractivity contribution in [2.45, 2.75) is 11.8 Å². The molecule has 0 bridgehead atoms. The van der Waals surface area contributed by atoms with Crippen molar-refractivity contribution >= 4 is 45.0 Å². The standard InChI is InChI=1S/C15H15BrN2OS/c1-10-7-12(17)5-6-14(10)20-9-15(19)18-13-4-2-3-11(16)8-13/h2-8H,9,17H2,1H3,(H,18,19). The van der Waals surface area contributed by atoms with Gasteiger partial charge in [-0.25, -0.2) is 0 Å². The summed E-state index contributed by atoms with van der Waals surface area (Å²) in [5, 5.41) is 2.87. The molecule has 2 aromatic rings. The molecule has 0 atom stereocenters. The number of aryl methyl sites for hydroxylation is 1. The first-order chi connectivity index (χ1) is 9.54. The molecule has 5 heteroatoms. The molecule has 104 valence electrons. The van der Waals surface area contributed by atoms with Gasteiger partial charge in [-0.3, -0.25) is 4.79 Å². The lowest BCUT2D eigenvalue weighted by molar-refractivity contribution is -0.113. The van der Waals surface area contributed by atoms with E-state index in [2.05, 4.69) is 21.2 Å².